The average molecular weight is 611 g/mol. The third-order valence-electron chi connectivity index (χ3n) is 6.20. The molecule has 0 heterocycles. The van der Waals surface area contributed by atoms with Crippen LogP contribution in [0.25, 0.3) is 0 Å². The molecule has 1 rings (SSSR count). The minimum Gasteiger partial charge on any atom is -0.414 e. The Hall–Kier alpha value is 1.55. The van der Waals surface area contributed by atoms with E-state index < -0.39 is 16.6 Å². The van der Waals surface area contributed by atoms with Gasteiger partial charge in [0.1, 0.15) is 0 Å². The first-order valence-electron chi connectivity index (χ1n) is 9.21. The zero-order valence-corrected chi connectivity index (χ0v) is 24.4. The van der Waals surface area contributed by atoms with Crippen LogP contribution < -0.4 is 0 Å². The van der Waals surface area contributed by atoms with E-state index in [9.17, 15) is 0 Å². The summed E-state index contributed by atoms with van der Waals surface area (Å²) in [6.45, 7) is 23.3. The van der Waals surface area contributed by atoms with Gasteiger partial charge in [0.05, 0.1) is 12.2 Å². The molecule has 0 saturated heterocycles. The highest BCUT2D eigenvalue weighted by atomic mass is 127. The Morgan fingerprint density at radius 3 is 1.80 bits per heavy atom. The fourth-order valence-corrected chi connectivity index (χ4v) is 5.88. The average Bonchev–Trinajstić information content (AvgIpc) is 2.35. The van der Waals surface area contributed by atoms with Crippen molar-refractivity contribution in [2.75, 3.05) is 4.43 Å². The highest BCUT2D eigenvalue weighted by Crippen LogP contribution is 2.42. The second-order valence-electron chi connectivity index (χ2n) is 10.3. The molecule has 0 bridgehead atoms. The molecule has 0 aromatic heterocycles. The van der Waals surface area contributed by atoms with Crippen LogP contribution in [0.4, 0.5) is 0 Å². The van der Waals surface area contributed by atoms with Crippen molar-refractivity contribution >= 4 is 63.2 Å². The molecule has 150 valence electrons. The van der Waals surface area contributed by atoms with Gasteiger partial charge in [-0.05, 0) is 48.3 Å². The first kappa shape index (κ1) is 26.6. The van der Waals surface area contributed by atoms with Gasteiger partial charge in [-0.2, -0.15) is 0 Å². The first-order valence-corrected chi connectivity index (χ1v) is 16.6. The molecule has 2 atom stereocenters. The fraction of sp³-hybridized carbons (Fsp3) is 0.895. The molecule has 0 aromatic rings. The van der Waals surface area contributed by atoms with Gasteiger partial charge in [0, 0.05) is 10.8 Å². The Kier molecular flexibility index (Phi) is 9.95. The molecule has 0 saturated carbocycles. The van der Waals surface area contributed by atoms with E-state index in [0.717, 1.165) is 17.3 Å². The Balaban J connectivity index is 0.00000576. The zero-order chi connectivity index (χ0) is 19.0. The Morgan fingerprint density at radius 1 is 0.960 bits per heavy atom. The van der Waals surface area contributed by atoms with Crippen molar-refractivity contribution in [2.24, 2.45) is 0 Å². The van der Waals surface area contributed by atoms with Gasteiger partial charge in [-0.25, -0.2) is 0 Å². The van der Waals surface area contributed by atoms with Crippen LogP contribution in [0.2, 0.25) is 36.3 Å². The summed E-state index contributed by atoms with van der Waals surface area (Å²) < 4.78 is 14.5. The molecular weight excluding hydrogens is 570 g/mol. The predicted molar refractivity (Wildman–Crippen MR) is 136 cm³/mol. The van der Waals surface area contributed by atoms with Gasteiger partial charge >= 0.3 is 0 Å². The minimum absolute atomic E-state index is 0. The summed E-state index contributed by atoms with van der Waals surface area (Å²) in [6.07, 6.45) is 5.01. The van der Waals surface area contributed by atoms with Crippen LogP contribution in [-0.4, -0.2) is 33.3 Å². The highest BCUT2D eigenvalue weighted by Gasteiger charge is 2.43. The zero-order valence-electron chi connectivity index (χ0n) is 18.0. The molecule has 2 nitrogen and oxygen atoms in total. The van der Waals surface area contributed by atoms with Crippen LogP contribution in [-0.2, 0) is 8.85 Å². The summed E-state index contributed by atoms with van der Waals surface area (Å²) in [5, 5.41) is 0.507. The summed E-state index contributed by atoms with van der Waals surface area (Å²) >= 11 is 2.48. The largest absolute Gasteiger partial charge is 0.414 e. The van der Waals surface area contributed by atoms with Gasteiger partial charge in [-0.15, -0.1) is 24.0 Å². The van der Waals surface area contributed by atoms with Crippen LogP contribution in [0.3, 0.4) is 0 Å². The maximum atomic E-state index is 6.78. The normalized spacial score (nSPS) is 23.1. The van der Waals surface area contributed by atoms with Crippen LogP contribution in [0.5, 0.6) is 0 Å². The summed E-state index contributed by atoms with van der Waals surface area (Å²) in [4.78, 5) is 0. The van der Waals surface area contributed by atoms with Crippen LogP contribution in [0, 0.1) is 0 Å². The number of hydrogen-bond acceptors (Lipinski definition) is 2. The SMILES string of the molecule is CC(C)(C)[Si](C)(C)O[C@@H]1CC=C(CI)[C@@H](O[Si](C)(C)C(C)(C)C)C1.I. The predicted octanol–water partition coefficient (Wildman–Crippen LogP) is 7.54. The van der Waals surface area contributed by atoms with E-state index in [4.69, 9.17) is 8.85 Å². The van der Waals surface area contributed by atoms with Gasteiger partial charge in [-0.3, -0.25) is 0 Å². The molecule has 0 radical (unpaired) electrons. The number of rotatable bonds is 5. The summed E-state index contributed by atoms with van der Waals surface area (Å²) in [7, 11) is -3.49. The molecule has 0 amide bonds. The van der Waals surface area contributed by atoms with Crippen molar-refractivity contribution in [1.29, 1.82) is 0 Å². The summed E-state index contributed by atoms with van der Waals surface area (Å²) in [5.41, 5.74) is 1.47. The molecule has 0 N–H and O–H groups in total. The fourth-order valence-electron chi connectivity index (χ4n) is 2.39. The van der Waals surface area contributed by atoms with Crippen LogP contribution in [0.15, 0.2) is 11.6 Å². The van der Waals surface area contributed by atoms with E-state index in [0.29, 0.717) is 6.10 Å². The Morgan fingerprint density at radius 2 is 1.40 bits per heavy atom. The molecule has 1 aliphatic rings. The highest BCUT2D eigenvalue weighted by molar-refractivity contribution is 14.1. The van der Waals surface area contributed by atoms with Crippen molar-refractivity contribution in [3.05, 3.63) is 11.6 Å². The maximum Gasteiger partial charge on any atom is 0.192 e. The van der Waals surface area contributed by atoms with Crippen molar-refractivity contribution < 1.29 is 8.85 Å². The van der Waals surface area contributed by atoms with Crippen molar-refractivity contribution in [1.82, 2.24) is 0 Å². The van der Waals surface area contributed by atoms with Crippen molar-refractivity contribution in [3.8, 4) is 0 Å². The number of alkyl halides is 1. The summed E-state index contributed by atoms with van der Waals surface area (Å²) in [5.74, 6) is 0. The topological polar surface area (TPSA) is 18.5 Å². The quantitative estimate of drug-likeness (QED) is 0.139. The Labute approximate surface area is 189 Å². The lowest BCUT2D eigenvalue weighted by Gasteiger charge is -2.44. The van der Waals surface area contributed by atoms with E-state index in [1.165, 1.54) is 5.57 Å². The third kappa shape index (κ3) is 7.14. The molecule has 1 aliphatic carbocycles. The van der Waals surface area contributed by atoms with Gasteiger partial charge in [-0.1, -0.05) is 70.2 Å². The first-order chi connectivity index (χ1) is 10.6. The third-order valence-corrected chi connectivity index (χ3v) is 16.1. The molecule has 0 fully saturated rings. The minimum atomic E-state index is -1.76. The molecule has 0 aliphatic heterocycles. The molecule has 0 spiro atoms. The van der Waals surface area contributed by atoms with E-state index in [1.807, 2.05) is 0 Å². The van der Waals surface area contributed by atoms with E-state index in [1.54, 1.807) is 0 Å². The lowest BCUT2D eigenvalue weighted by atomic mass is 9.96. The Bertz CT molecular complexity index is 463. The molecular formula is C19H40I2O2Si2. The lowest BCUT2D eigenvalue weighted by Crippen LogP contribution is -2.48. The molecule has 25 heavy (non-hydrogen) atoms. The number of halogens is 2. The monoisotopic (exact) mass is 610 g/mol. The molecule has 0 unspecified atom stereocenters. The van der Waals surface area contributed by atoms with E-state index >= 15 is 0 Å². The van der Waals surface area contributed by atoms with Gasteiger partial charge < -0.3 is 8.85 Å². The van der Waals surface area contributed by atoms with Gasteiger partial charge in [0.15, 0.2) is 16.6 Å². The standard InChI is InChI=1S/C19H39IO2Si2.HI/c1-18(2,3)23(7,8)21-16-12-11-15(14-20)17(13-16)22-24(9,10)19(4,5)6;/h11,16-17H,12-14H2,1-10H3;1H/t16-,17+;/m1./s1. The smallest absolute Gasteiger partial charge is 0.192 e. The van der Waals surface area contributed by atoms with Crippen LogP contribution >= 0.6 is 46.6 Å². The maximum absolute atomic E-state index is 6.78. The van der Waals surface area contributed by atoms with Crippen LogP contribution in [0.1, 0.15) is 54.4 Å². The molecule has 0 aromatic carbocycles. The van der Waals surface area contributed by atoms with Gasteiger partial charge in [0.25, 0.3) is 0 Å². The van der Waals surface area contributed by atoms with Gasteiger partial charge in [0.2, 0.25) is 0 Å². The second-order valence-corrected chi connectivity index (χ2v) is 20.5. The summed E-state index contributed by atoms with van der Waals surface area (Å²) in [6, 6.07) is 0. The van der Waals surface area contributed by atoms with E-state index in [-0.39, 0.29) is 40.2 Å². The van der Waals surface area contributed by atoms with Crippen molar-refractivity contribution in [2.45, 2.75) is 103 Å². The van der Waals surface area contributed by atoms with E-state index in [2.05, 4.69) is 96.4 Å². The van der Waals surface area contributed by atoms with Crippen molar-refractivity contribution in [3.63, 3.8) is 0 Å². The second kappa shape index (κ2) is 9.37. The number of hydrogen-bond donors (Lipinski definition) is 0. The molecule has 6 heteroatoms. The lowest BCUT2D eigenvalue weighted by molar-refractivity contribution is 0.102.